The number of primary sulfonamides is 1. The second-order valence-corrected chi connectivity index (χ2v) is 7.22. The van der Waals surface area contributed by atoms with Crippen molar-refractivity contribution < 1.29 is 22.9 Å². The Hall–Kier alpha value is -3.11. The molecule has 2 N–H and O–H groups in total. The van der Waals surface area contributed by atoms with Gasteiger partial charge in [-0.2, -0.15) is 0 Å². The lowest BCUT2D eigenvalue weighted by Gasteiger charge is -2.13. The van der Waals surface area contributed by atoms with Crippen molar-refractivity contribution in [2.75, 3.05) is 6.54 Å². The number of rotatable bonds is 5. The molecule has 2 amide bonds. The summed E-state index contributed by atoms with van der Waals surface area (Å²) in [5.74, 6) is -1.30. The van der Waals surface area contributed by atoms with Crippen LogP contribution in [0.25, 0.3) is 0 Å². The maximum atomic E-state index is 12.4. The summed E-state index contributed by atoms with van der Waals surface area (Å²) in [5.41, 5.74) is 0.0881. The third kappa shape index (κ3) is 3.07. The Morgan fingerprint density at radius 2 is 1.69 bits per heavy atom. The number of carbonyl (C=O) groups is 2. The van der Waals surface area contributed by atoms with Crippen molar-refractivity contribution in [2.45, 2.75) is 11.3 Å². The Bertz CT molecular complexity index is 1030. The molecule has 2 aromatic carbocycles. The molecule has 9 nitrogen and oxygen atoms in total. The Kier molecular flexibility index (Phi) is 4.30. The Balaban J connectivity index is 1.80. The number of nitrogens with zero attached hydrogens (tertiary/aromatic N) is 2. The summed E-state index contributed by atoms with van der Waals surface area (Å²) in [7, 11) is -3.80. The van der Waals surface area contributed by atoms with Crippen LogP contribution in [0.4, 0.5) is 5.69 Å². The highest BCUT2D eigenvalue weighted by Crippen LogP contribution is 2.30. The molecule has 0 radical (unpaired) electrons. The van der Waals surface area contributed by atoms with Gasteiger partial charge in [0.25, 0.3) is 17.5 Å². The second kappa shape index (κ2) is 6.32. The van der Waals surface area contributed by atoms with Crippen LogP contribution in [-0.4, -0.2) is 36.6 Å². The Morgan fingerprint density at radius 3 is 2.27 bits per heavy atom. The molecule has 0 aromatic heterocycles. The standard InChI is InChI=1S/C16H13N3O6S/c17-26(24,25)11-6-4-10(5-7-11)8-9-18-15(20)12-2-1-3-13(19(22)23)14(12)16(18)21/h1-7H,8-9H2,(H2,17,24,25). The van der Waals surface area contributed by atoms with Crippen molar-refractivity contribution in [1.29, 1.82) is 0 Å². The first kappa shape index (κ1) is 17.7. The number of imide groups is 1. The zero-order chi connectivity index (χ0) is 19.1. The van der Waals surface area contributed by atoms with Crippen LogP contribution in [0.15, 0.2) is 47.4 Å². The van der Waals surface area contributed by atoms with Gasteiger partial charge in [0.2, 0.25) is 10.0 Å². The normalized spacial score (nSPS) is 13.8. The van der Waals surface area contributed by atoms with Crippen LogP contribution in [0.3, 0.4) is 0 Å². The van der Waals surface area contributed by atoms with Crippen molar-refractivity contribution in [1.82, 2.24) is 4.90 Å². The van der Waals surface area contributed by atoms with E-state index >= 15 is 0 Å². The lowest BCUT2D eigenvalue weighted by Crippen LogP contribution is -2.31. The SMILES string of the molecule is NS(=O)(=O)c1ccc(CCN2C(=O)c3cccc([N+](=O)[O-])c3C2=O)cc1. The van der Waals surface area contributed by atoms with Gasteiger partial charge in [-0.05, 0) is 30.2 Å². The zero-order valence-corrected chi connectivity index (χ0v) is 14.1. The average Bonchev–Trinajstić information content (AvgIpc) is 2.83. The summed E-state index contributed by atoms with van der Waals surface area (Å²) < 4.78 is 22.5. The molecule has 10 heteroatoms. The number of carbonyl (C=O) groups excluding carboxylic acids is 2. The predicted octanol–water partition coefficient (Wildman–Crippen LogP) is 1.08. The first-order valence-electron chi connectivity index (χ1n) is 7.45. The molecule has 0 aliphatic carbocycles. The highest BCUT2D eigenvalue weighted by molar-refractivity contribution is 7.89. The monoisotopic (exact) mass is 375 g/mol. The summed E-state index contributed by atoms with van der Waals surface area (Å²) in [6, 6.07) is 9.64. The van der Waals surface area contributed by atoms with Crippen LogP contribution in [0.1, 0.15) is 26.3 Å². The molecule has 1 aliphatic heterocycles. The van der Waals surface area contributed by atoms with Gasteiger partial charge in [-0.3, -0.25) is 24.6 Å². The molecule has 0 atom stereocenters. The first-order chi connectivity index (χ1) is 12.2. The lowest BCUT2D eigenvalue weighted by atomic mass is 10.1. The maximum absolute atomic E-state index is 12.4. The van der Waals surface area contributed by atoms with Gasteiger partial charge in [-0.1, -0.05) is 18.2 Å². The summed E-state index contributed by atoms with van der Waals surface area (Å²) in [6.45, 7) is 0.0121. The van der Waals surface area contributed by atoms with Gasteiger partial charge in [0, 0.05) is 12.6 Å². The smallest absolute Gasteiger partial charge is 0.274 e. The van der Waals surface area contributed by atoms with E-state index in [1.165, 1.54) is 42.5 Å². The van der Waals surface area contributed by atoms with E-state index in [-0.39, 0.29) is 29.0 Å². The molecule has 3 rings (SSSR count). The second-order valence-electron chi connectivity index (χ2n) is 5.66. The predicted molar refractivity (Wildman–Crippen MR) is 90.0 cm³/mol. The summed E-state index contributed by atoms with van der Waals surface area (Å²) in [4.78, 5) is 36.1. The van der Waals surface area contributed by atoms with Crippen molar-refractivity contribution in [3.8, 4) is 0 Å². The van der Waals surface area contributed by atoms with Gasteiger partial charge >= 0.3 is 0 Å². The van der Waals surface area contributed by atoms with Crippen molar-refractivity contribution >= 4 is 27.5 Å². The molecule has 0 fully saturated rings. The van der Waals surface area contributed by atoms with E-state index in [0.717, 1.165) is 4.90 Å². The van der Waals surface area contributed by atoms with Crippen molar-refractivity contribution in [3.05, 3.63) is 69.3 Å². The topological polar surface area (TPSA) is 141 Å². The minimum absolute atomic E-state index is 0.00812. The third-order valence-corrected chi connectivity index (χ3v) is 4.98. The van der Waals surface area contributed by atoms with Crippen LogP contribution in [0.5, 0.6) is 0 Å². The molecule has 0 spiro atoms. The fourth-order valence-corrected chi connectivity index (χ4v) is 3.27. The Morgan fingerprint density at radius 1 is 1.04 bits per heavy atom. The average molecular weight is 375 g/mol. The number of sulfonamides is 1. The van der Waals surface area contributed by atoms with E-state index in [4.69, 9.17) is 5.14 Å². The summed E-state index contributed by atoms with van der Waals surface area (Å²) in [6.07, 6.45) is 0.268. The van der Waals surface area contributed by atoms with Gasteiger partial charge in [0.15, 0.2) is 0 Å². The van der Waals surface area contributed by atoms with Crippen LogP contribution in [0.2, 0.25) is 0 Å². The molecule has 2 aromatic rings. The zero-order valence-electron chi connectivity index (χ0n) is 13.3. The number of fused-ring (bicyclic) bond motifs is 1. The molecule has 134 valence electrons. The molecule has 1 heterocycles. The number of hydrogen-bond donors (Lipinski definition) is 1. The summed E-state index contributed by atoms with van der Waals surface area (Å²) >= 11 is 0. The lowest BCUT2D eigenvalue weighted by molar-refractivity contribution is -0.385. The number of benzene rings is 2. The molecule has 0 unspecified atom stereocenters. The van der Waals surface area contributed by atoms with Gasteiger partial charge in [-0.25, -0.2) is 13.6 Å². The van der Waals surface area contributed by atoms with Gasteiger partial charge in [0.1, 0.15) is 5.56 Å². The van der Waals surface area contributed by atoms with Crippen molar-refractivity contribution in [2.24, 2.45) is 5.14 Å². The highest BCUT2D eigenvalue weighted by atomic mass is 32.2. The largest absolute Gasteiger partial charge is 0.282 e. The van der Waals surface area contributed by atoms with E-state index in [0.29, 0.717) is 5.56 Å². The molecule has 26 heavy (non-hydrogen) atoms. The van der Waals surface area contributed by atoms with Crippen LogP contribution < -0.4 is 5.14 Å². The van der Waals surface area contributed by atoms with E-state index in [1.54, 1.807) is 0 Å². The molecular formula is C16H13N3O6S. The number of amides is 2. The quantitative estimate of drug-likeness (QED) is 0.471. The highest BCUT2D eigenvalue weighted by Gasteiger charge is 2.40. The molecule has 0 saturated carbocycles. The number of hydrogen-bond acceptors (Lipinski definition) is 6. The maximum Gasteiger partial charge on any atom is 0.282 e. The van der Waals surface area contributed by atoms with Gasteiger partial charge < -0.3 is 0 Å². The molecule has 1 aliphatic rings. The minimum Gasteiger partial charge on any atom is -0.274 e. The number of nitro groups is 1. The van der Waals surface area contributed by atoms with Gasteiger partial charge in [0.05, 0.1) is 15.4 Å². The first-order valence-corrected chi connectivity index (χ1v) is 9.00. The van der Waals surface area contributed by atoms with E-state index < -0.39 is 32.4 Å². The van der Waals surface area contributed by atoms with Crippen LogP contribution in [-0.2, 0) is 16.4 Å². The molecule has 0 saturated heterocycles. The van der Waals surface area contributed by atoms with Gasteiger partial charge in [-0.15, -0.1) is 0 Å². The number of nitrogens with two attached hydrogens (primary N) is 1. The Labute approximate surface area is 148 Å². The van der Waals surface area contributed by atoms with Crippen molar-refractivity contribution in [3.63, 3.8) is 0 Å². The third-order valence-electron chi connectivity index (χ3n) is 4.05. The molecule has 0 bridgehead atoms. The van der Waals surface area contributed by atoms with E-state index in [9.17, 15) is 28.1 Å². The molecular weight excluding hydrogens is 362 g/mol. The summed E-state index contributed by atoms with van der Waals surface area (Å²) in [5, 5.41) is 16.1. The number of nitro benzene ring substituents is 1. The van der Waals surface area contributed by atoms with E-state index in [1.807, 2.05) is 0 Å². The minimum atomic E-state index is -3.80. The fourth-order valence-electron chi connectivity index (χ4n) is 2.76. The van der Waals surface area contributed by atoms with Crippen LogP contribution in [0, 0.1) is 10.1 Å². The van der Waals surface area contributed by atoms with E-state index in [2.05, 4.69) is 0 Å². The fraction of sp³-hybridized carbons (Fsp3) is 0.125. The van der Waals surface area contributed by atoms with Crippen LogP contribution >= 0.6 is 0 Å².